The lowest BCUT2D eigenvalue weighted by Gasteiger charge is -1.88. The highest BCUT2D eigenvalue weighted by Gasteiger charge is 2.02. The zero-order valence-electron chi connectivity index (χ0n) is 8.54. The molecule has 3 nitrogen and oxygen atoms in total. The lowest BCUT2D eigenvalue weighted by Crippen LogP contribution is -1.90. The third-order valence-corrected chi connectivity index (χ3v) is 3.84. The third-order valence-electron chi connectivity index (χ3n) is 1.75. The molecule has 0 bridgehead atoms. The van der Waals surface area contributed by atoms with Gasteiger partial charge in [0.05, 0.1) is 6.21 Å². The average molecular weight is 251 g/mol. The van der Waals surface area contributed by atoms with Gasteiger partial charge in [0.1, 0.15) is 0 Å². The lowest BCUT2D eigenvalue weighted by atomic mass is 10.4. The normalized spacial score (nSPS) is 10.8. The van der Waals surface area contributed by atoms with E-state index in [1.807, 2.05) is 23.6 Å². The summed E-state index contributed by atoms with van der Waals surface area (Å²) in [6, 6.07) is 8.08. The summed E-state index contributed by atoms with van der Waals surface area (Å²) in [6.45, 7) is 1.32. The molecule has 2 rings (SSSR count). The van der Waals surface area contributed by atoms with Gasteiger partial charge >= 0.3 is 5.97 Å². The molecule has 0 saturated heterocycles. The first-order chi connectivity index (χ1) is 7.75. The Balaban J connectivity index is 2.08. The molecule has 0 atom stereocenters. The maximum absolute atomic E-state index is 10.5. The molecular weight excluding hydrogens is 242 g/mol. The van der Waals surface area contributed by atoms with E-state index in [4.69, 9.17) is 0 Å². The minimum absolute atomic E-state index is 0.411. The van der Waals surface area contributed by atoms with Gasteiger partial charge in [0.2, 0.25) is 0 Å². The maximum Gasteiger partial charge on any atom is 0.331 e. The zero-order valence-corrected chi connectivity index (χ0v) is 10.2. The smallest absolute Gasteiger partial charge is 0.319 e. The molecule has 2 heterocycles. The second-order valence-corrected chi connectivity index (χ2v) is 5.06. The standard InChI is InChI=1S/C11H9NO2S2/c1-8(13)14-12-7-9-4-5-11(16-9)10-3-2-6-15-10/h2-7H,1H3/b12-7+. The van der Waals surface area contributed by atoms with Gasteiger partial charge in [-0.2, -0.15) is 0 Å². The first-order valence-corrected chi connectivity index (χ1v) is 6.30. The zero-order chi connectivity index (χ0) is 11.4. The average Bonchev–Trinajstić information content (AvgIpc) is 2.85. The first-order valence-electron chi connectivity index (χ1n) is 4.60. The molecule has 16 heavy (non-hydrogen) atoms. The van der Waals surface area contributed by atoms with Crippen LogP contribution in [0.5, 0.6) is 0 Å². The molecule has 0 spiro atoms. The van der Waals surface area contributed by atoms with Crippen LogP contribution in [0.25, 0.3) is 9.75 Å². The Kier molecular flexibility index (Phi) is 3.48. The van der Waals surface area contributed by atoms with Gasteiger partial charge in [-0.1, -0.05) is 11.2 Å². The van der Waals surface area contributed by atoms with Crippen LogP contribution in [0.2, 0.25) is 0 Å². The molecular formula is C11H9NO2S2. The van der Waals surface area contributed by atoms with Crippen LogP contribution in [-0.2, 0) is 9.63 Å². The molecule has 0 unspecified atom stereocenters. The van der Waals surface area contributed by atoms with E-state index in [9.17, 15) is 4.79 Å². The Labute approximate surface area is 101 Å². The van der Waals surface area contributed by atoms with Gasteiger partial charge in [-0.3, -0.25) is 0 Å². The van der Waals surface area contributed by atoms with Crippen LogP contribution in [0.1, 0.15) is 11.8 Å². The maximum atomic E-state index is 10.5. The number of nitrogens with zero attached hydrogens (tertiary/aromatic N) is 1. The van der Waals surface area contributed by atoms with Gasteiger partial charge in [-0.15, -0.1) is 22.7 Å². The Morgan fingerprint density at radius 1 is 1.38 bits per heavy atom. The van der Waals surface area contributed by atoms with Crippen molar-refractivity contribution in [2.24, 2.45) is 5.16 Å². The van der Waals surface area contributed by atoms with E-state index in [0.29, 0.717) is 0 Å². The molecule has 2 aromatic rings. The molecule has 0 radical (unpaired) electrons. The van der Waals surface area contributed by atoms with Crippen molar-refractivity contribution in [1.82, 2.24) is 0 Å². The molecule has 0 fully saturated rings. The van der Waals surface area contributed by atoms with Crippen molar-refractivity contribution >= 4 is 34.9 Å². The summed E-state index contributed by atoms with van der Waals surface area (Å²) in [4.78, 5) is 18.4. The molecule has 0 saturated carbocycles. The summed E-state index contributed by atoms with van der Waals surface area (Å²) in [5.41, 5.74) is 0. The molecule has 0 aromatic carbocycles. The van der Waals surface area contributed by atoms with Crippen LogP contribution in [0.15, 0.2) is 34.8 Å². The minimum Gasteiger partial charge on any atom is -0.319 e. The van der Waals surface area contributed by atoms with E-state index < -0.39 is 5.97 Å². The second kappa shape index (κ2) is 5.05. The van der Waals surface area contributed by atoms with E-state index in [-0.39, 0.29) is 0 Å². The summed E-state index contributed by atoms with van der Waals surface area (Å²) in [7, 11) is 0. The van der Waals surface area contributed by atoms with Crippen molar-refractivity contribution in [3.05, 3.63) is 34.5 Å². The highest BCUT2D eigenvalue weighted by atomic mass is 32.1. The predicted octanol–water partition coefficient (Wildman–Crippen LogP) is 3.37. The Bertz CT molecular complexity index is 500. The fourth-order valence-corrected chi connectivity index (χ4v) is 2.83. The van der Waals surface area contributed by atoms with Crippen molar-refractivity contribution in [2.45, 2.75) is 6.92 Å². The van der Waals surface area contributed by atoms with Crippen LogP contribution in [-0.4, -0.2) is 12.2 Å². The molecule has 82 valence electrons. The van der Waals surface area contributed by atoms with Gasteiger partial charge in [0.25, 0.3) is 0 Å². The summed E-state index contributed by atoms with van der Waals surface area (Å²) in [5.74, 6) is -0.411. The van der Waals surface area contributed by atoms with Crippen molar-refractivity contribution in [2.75, 3.05) is 0 Å². The predicted molar refractivity (Wildman–Crippen MR) is 67.0 cm³/mol. The fourth-order valence-electron chi connectivity index (χ4n) is 1.13. The van der Waals surface area contributed by atoms with Gasteiger partial charge in [0.15, 0.2) is 0 Å². The van der Waals surface area contributed by atoms with Crippen molar-refractivity contribution in [3.8, 4) is 9.75 Å². The van der Waals surface area contributed by atoms with Crippen molar-refractivity contribution in [1.29, 1.82) is 0 Å². The molecule has 2 aromatic heterocycles. The summed E-state index contributed by atoms with van der Waals surface area (Å²) in [6.07, 6.45) is 1.54. The van der Waals surface area contributed by atoms with Gasteiger partial charge in [0, 0.05) is 21.6 Å². The molecule has 0 N–H and O–H groups in total. The molecule has 5 heteroatoms. The number of carbonyl (C=O) groups is 1. The number of rotatable bonds is 3. The van der Waals surface area contributed by atoms with Crippen LogP contribution >= 0.6 is 22.7 Å². The largest absolute Gasteiger partial charge is 0.331 e. The Morgan fingerprint density at radius 3 is 2.94 bits per heavy atom. The quantitative estimate of drug-likeness (QED) is 0.476. The molecule has 0 aliphatic rings. The van der Waals surface area contributed by atoms with Crippen LogP contribution < -0.4 is 0 Å². The summed E-state index contributed by atoms with van der Waals surface area (Å²) in [5, 5.41) is 5.62. The highest BCUT2D eigenvalue weighted by Crippen LogP contribution is 2.30. The number of hydrogen-bond donors (Lipinski definition) is 0. The SMILES string of the molecule is CC(=O)O/N=C/c1ccc(-c2cccs2)s1. The van der Waals surface area contributed by atoms with Gasteiger partial charge in [-0.25, -0.2) is 4.79 Å². The number of carbonyl (C=O) groups excluding carboxylic acids is 1. The summed E-state index contributed by atoms with van der Waals surface area (Å²) >= 11 is 3.31. The topological polar surface area (TPSA) is 38.7 Å². The summed E-state index contributed by atoms with van der Waals surface area (Å²) < 4.78 is 0. The highest BCUT2D eigenvalue weighted by molar-refractivity contribution is 7.22. The Hall–Kier alpha value is -1.46. The monoisotopic (exact) mass is 251 g/mol. The van der Waals surface area contributed by atoms with Crippen LogP contribution in [0, 0.1) is 0 Å². The fraction of sp³-hybridized carbons (Fsp3) is 0.0909. The Morgan fingerprint density at radius 2 is 2.25 bits per heavy atom. The van der Waals surface area contributed by atoms with E-state index in [1.165, 1.54) is 16.7 Å². The van der Waals surface area contributed by atoms with E-state index >= 15 is 0 Å². The van der Waals surface area contributed by atoms with E-state index in [2.05, 4.69) is 16.1 Å². The minimum atomic E-state index is -0.411. The number of hydrogen-bond acceptors (Lipinski definition) is 5. The third kappa shape index (κ3) is 2.77. The van der Waals surface area contributed by atoms with Crippen molar-refractivity contribution in [3.63, 3.8) is 0 Å². The second-order valence-electron chi connectivity index (χ2n) is 3.00. The molecule has 0 amide bonds. The van der Waals surface area contributed by atoms with Crippen LogP contribution in [0.3, 0.4) is 0 Å². The first kappa shape index (κ1) is 11.0. The van der Waals surface area contributed by atoms with Gasteiger partial charge < -0.3 is 4.84 Å². The van der Waals surface area contributed by atoms with Gasteiger partial charge in [-0.05, 0) is 23.6 Å². The van der Waals surface area contributed by atoms with E-state index in [1.54, 1.807) is 28.9 Å². The molecule has 0 aliphatic carbocycles. The van der Waals surface area contributed by atoms with Crippen molar-refractivity contribution < 1.29 is 9.63 Å². The van der Waals surface area contributed by atoms with Crippen LogP contribution in [0.4, 0.5) is 0 Å². The number of thiophene rings is 2. The number of oxime groups is 1. The molecule has 0 aliphatic heterocycles. The lowest BCUT2D eigenvalue weighted by molar-refractivity contribution is -0.140. The van der Waals surface area contributed by atoms with E-state index in [0.717, 1.165) is 4.88 Å².